The lowest BCUT2D eigenvalue weighted by atomic mass is 10.00. The molecule has 0 saturated heterocycles. The monoisotopic (exact) mass is 216 g/mol. The number of carboxylic acids is 1. The van der Waals surface area contributed by atoms with Crippen molar-refractivity contribution in [2.45, 2.75) is 19.8 Å². The lowest BCUT2D eigenvalue weighted by Gasteiger charge is -2.09. The van der Waals surface area contributed by atoms with E-state index in [9.17, 15) is 9.18 Å². The van der Waals surface area contributed by atoms with Crippen molar-refractivity contribution in [3.05, 3.63) is 34.1 Å². The van der Waals surface area contributed by atoms with Crippen LogP contribution < -0.4 is 0 Å². The zero-order valence-corrected chi connectivity index (χ0v) is 8.60. The van der Waals surface area contributed by atoms with Crippen LogP contribution in [0.1, 0.15) is 24.0 Å². The first kappa shape index (κ1) is 11.0. The van der Waals surface area contributed by atoms with Crippen molar-refractivity contribution in [2.24, 2.45) is 0 Å². The van der Waals surface area contributed by atoms with Crippen molar-refractivity contribution in [1.82, 2.24) is 0 Å². The van der Waals surface area contributed by atoms with Gasteiger partial charge in [0.15, 0.2) is 0 Å². The van der Waals surface area contributed by atoms with E-state index in [0.717, 1.165) is 0 Å². The SMILES string of the molecule is Cc1c(F)cc(C(C)C(=O)O)cc1Cl. The van der Waals surface area contributed by atoms with E-state index in [1.807, 2.05) is 0 Å². The van der Waals surface area contributed by atoms with E-state index >= 15 is 0 Å². The van der Waals surface area contributed by atoms with E-state index in [2.05, 4.69) is 0 Å². The molecule has 1 rings (SSSR count). The van der Waals surface area contributed by atoms with E-state index in [1.165, 1.54) is 19.1 Å². The smallest absolute Gasteiger partial charge is 0.310 e. The van der Waals surface area contributed by atoms with Gasteiger partial charge in [-0.2, -0.15) is 0 Å². The van der Waals surface area contributed by atoms with Gasteiger partial charge in [0.05, 0.1) is 5.92 Å². The summed E-state index contributed by atoms with van der Waals surface area (Å²) in [7, 11) is 0. The zero-order chi connectivity index (χ0) is 10.9. The molecule has 2 nitrogen and oxygen atoms in total. The Morgan fingerprint density at radius 1 is 1.57 bits per heavy atom. The average Bonchev–Trinajstić information content (AvgIpc) is 2.12. The minimum Gasteiger partial charge on any atom is -0.481 e. The van der Waals surface area contributed by atoms with Gasteiger partial charge in [-0.25, -0.2) is 4.39 Å². The quantitative estimate of drug-likeness (QED) is 0.825. The van der Waals surface area contributed by atoms with Crippen LogP contribution in [0.25, 0.3) is 0 Å². The summed E-state index contributed by atoms with van der Waals surface area (Å²) in [6.07, 6.45) is 0. The largest absolute Gasteiger partial charge is 0.481 e. The second kappa shape index (κ2) is 3.96. The molecule has 0 amide bonds. The Morgan fingerprint density at radius 3 is 2.57 bits per heavy atom. The molecule has 0 aliphatic carbocycles. The van der Waals surface area contributed by atoms with Gasteiger partial charge >= 0.3 is 5.97 Å². The summed E-state index contributed by atoms with van der Waals surface area (Å²) in [5, 5.41) is 8.98. The first-order chi connectivity index (χ1) is 6.43. The summed E-state index contributed by atoms with van der Waals surface area (Å²) in [6.45, 7) is 3.04. The number of carboxylic acid groups (broad SMARTS) is 1. The van der Waals surface area contributed by atoms with E-state index in [0.29, 0.717) is 11.1 Å². The predicted octanol–water partition coefficient (Wildman–Crippen LogP) is 2.98. The number of halogens is 2. The molecule has 0 saturated carbocycles. The molecule has 1 unspecified atom stereocenters. The molecule has 4 heteroatoms. The van der Waals surface area contributed by atoms with Crippen LogP contribution in [-0.4, -0.2) is 11.1 Å². The average molecular weight is 217 g/mol. The summed E-state index contributed by atoms with van der Waals surface area (Å²) in [5.74, 6) is -2.22. The molecule has 0 spiro atoms. The molecule has 0 aliphatic rings. The molecule has 76 valence electrons. The van der Waals surface area contributed by atoms with Crippen molar-refractivity contribution in [3.8, 4) is 0 Å². The van der Waals surface area contributed by atoms with E-state index in [1.54, 1.807) is 6.92 Å². The number of benzene rings is 1. The molecule has 0 radical (unpaired) electrons. The second-order valence-corrected chi connectivity index (χ2v) is 3.58. The predicted molar refractivity (Wildman–Crippen MR) is 52.2 cm³/mol. The number of hydrogen-bond donors (Lipinski definition) is 1. The summed E-state index contributed by atoms with van der Waals surface area (Å²) in [5.41, 5.74) is 0.721. The first-order valence-electron chi connectivity index (χ1n) is 4.12. The van der Waals surface area contributed by atoms with Crippen molar-refractivity contribution < 1.29 is 14.3 Å². The van der Waals surface area contributed by atoms with Crippen molar-refractivity contribution in [1.29, 1.82) is 0 Å². The van der Waals surface area contributed by atoms with E-state index in [-0.39, 0.29) is 5.02 Å². The lowest BCUT2D eigenvalue weighted by molar-refractivity contribution is -0.138. The third kappa shape index (κ3) is 2.04. The highest BCUT2D eigenvalue weighted by molar-refractivity contribution is 6.31. The minimum absolute atomic E-state index is 0.258. The molecule has 0 aliphatic heterocycles. The maximum absolute atomic E-state index is 13.2. The molecule has 1 aromatic carbocycles. The lowest BCUT2D eigenvalue weighted by Crippen LogP contribution is -2.08. The molecule has 14 heavy (non-hydrogen) atoms. The van der Waals surface area contributed by atoms with Crippen LogP contribution in [0.4, 0.5) is 4.39 Å². The highest BCUT2D eigenvalue weighted by Crippen LogP contribution is 2.25. The van der Waals surface area contributed by atoms with Crippen LogP contribution in [0, 0.1) is 12.7 Å². The Bertz CT molecular complexity index is 353. The third-order valence-corrected chi connectivity index (χ3v) is 2.57. The van der Waals surface area contributed by atoms with Gasteiger partial charge in [-0.15, -0.1) is 0 Å². The fourth-order valence-electron chi connectivity index (χ4n) is 1.06. The van der Waals surface area contributed by atoms with Gasteiger partial charge < -0.3 is 5.11 Å². The third-order valence-electron chi connectivity index (χ3n) is 2.17. The standard InChI is InChI=1S/C10H10ClFO2/c1-5(10(13)14)7-3-8(11)6(2)9(12)4-7/h3-5H,1-2H3,(H,13,14). The zero-order valence-electron chi connectivity index (χ0n) is 7.84. The van der Waals surface area contributed by atoms with Crippen molar-refractivity contribution >= 4 is 17.6 Å². The van der Waals surface area contributed by atoms with Gasteiger partial charge in [-0.05, 0) is 31.5 Å². The summed E-state index contributed by atoms with van der Waals surface area (Å²) in [4.78, 5) is 10.6. The van der Waals surface area contributed by atoms with E-state index < -0.39 is 17.7 Å². The van der Waals surface area contributed by atoms with Gasteiger partial charge in [-0.3, -0.25) is 4.79 Å². The molecule has 0 heterocycles. The summed E-state index contributed by atoms with van der Waals surface area (Å²) >= 11 is 5.73. The molecule has 0 fully saturated rings. The van der Waals surface area contributed by atoms with Gasteiger partial charge in [0.2, 0.25) is 0 Å². The van der Waals surface area contributed by atoms with Crippen LogP contribution in [0.15, 0.2) is 12.1 Å². The van der Waals surface area contributed by atoms with Gasteiger partial charge in [-0.1, -0.05) is 11.6 Å². The Morgan fingerprint density at radius 2 is 2.14 bits per heavy atom. The van der Waals surface area contributed by atoms with Crippen molar-refractivity contribution in [2.75, 3.05) is 0 Å². The highest BCUT2D eigenvalue weighted by atomic mass is 35.5. The highest BCUT2D eigenvalue weighted by Gasteiger charge is 2.16. The first-order valence-corrected chi connectivity index (χ1v) is 4.49. The molecule has 1 N–H and O–H groups in total. The Kier molecular flexibility index (Phi) is 3.11. The number of hydrogen-bond acceptors (Lipinski definition) is 1. The van der Waals surface area contributed by atoms with Crippen LogP contribution in [-0.2, 0) is 4.79 Å². The minimum atomic E-state index is -0.996. The maximum atomic E-state index is 13.2. The second-order valence-electron chi connectivity index (χ2n) is 3.17. The van der Waals surface area contributed by atoms with Crippen LogP contribution in [0.5, 0.6) is 0 Å². The Labute approximate surface area is 86.3 Å². The van der Waals surface area contributed by atoms with Crippen LogP contribution in [0.3, 0.4) is 0 Å². The normalized spacial score (nSPS) is 12.6. The van der Waals surface area contributed by atoms with Crippen LogP contribution in [0.2, 0.25) is 5.02 Å². The molecule has 1 aromatic rings. The number of carbonyl (C=O) groups is 1. The molecular formula is C10H10ClFO2. The fourth-order valence-corrected chi connectivity index (χ4v) is 1.27. The summed E-state index contributed by atoms with van der Waals surface area (Å²) < 4.78 is 13.2. The Hall–Kier alpha value is -1.09. The fraction of sp³-hybridized carbons (Fsp3) is 0.300. The molecular weight excluding hydrogens is 207 g/mol. The van der Waals surface area contributed by atoms with Gasteiger partial charge in [0, 0.05) is 10.6 Å². The summed E-state index contributed by atoms with van der Waals surface area (Å²) in [6, 6.07) is 2.69. The molecule has 0 bridgehead atoms. The van der Waals surface area contributed by atoms with Gasteiger partial charge in [0.1, 0.15) is 5.82 Å². The van der Waals surface area contributed by atoms with Crippen molar-refractivity contribution in [3.63, 3.8) is 0 Å². The maximum Gasteiger partial charge on any atom is 0.310 e. The Balaban J connectivity index is 3.19. The molecule has 1 atom stereocenters. The number of aliphatic carboxylic acids is 1. The number of rotatable bonds is 2. The van der Waals surface area contributed by atoms with E-state index in [4.69, 9.17) is 16.7 Å². The topological polar surface area (TPSA) is 37.3 Å². The van der Waals surface area contributed by atoms with Crippen LogP contribution >= 0.6 is 11.6 Å². The molecule has 0 aromatic heterocycles. The van der Waals surface area contributed by atoms with Gasteiger partial charge in [0.25, 0.3) is 0 Å².